The first-order chi connectivity index (χ1) is 9.76. The number of hydrogen-bond donors (Lipinski definition) is 1. The molecule has 5 nitrogen and oxygen atoms in total. The minimum atomic E-state index is 0.801. The van der Waals surface area contributed by atoms with Crippen molar-refractivity contribution in [1.29, 1.82) is 0 Å². The second-order valence-corrected chi connectivity index (χ2v) is 5.56. The zero-order chi connectivity index (χ0) is 14.4. The van der Waals surface area contributed by atoms with Crippen molar-refractivity contribution >= 4 is 0 Å². The lowest BCUT2D eigenvalue weighted by molar-refractivity contribution is 0.124. The zero-order valence-electron chi connectivity index (χ0n) is 13.0. The number of rotatable bonds is 7. The highest BCUT2D eigenvalue weighted by molar-refractivity contribution is 5.10. The molecule has 0 atom stereocenters. The van der Waals surface area contributed by atoms with Crippen LogP contribution in [0.3, 0.4) is 0 Å². The van der Waals surface area contributed by atoms with E-state index in [1.165, 1.54) is 24.5 Å². The highest BCUT2D eigenvalue weighted by Gasteiger charge is 2.18. The van der Waals surface area contributed by atoms with Gasteiger partial charge < -0.3 is 10.6 Å². The maximum atomic E-state index is 5.58. The summed E-state index contributed by atoms with van der Waals surface area (Å²) in [5.41, 5.74) is 8.15. The van der Waals surface area contributed by atoms with E-state index < -0.39 is 0 Å². The van der Waals surface area contributed by atoms with Gasteiger partial charge in [0.05, 0.1) is 11.4 Å². The van der Waals surface area contributed by atoms with Gasteiger partial charge in [-0.2, -0.15) is 5.10 Å². The molecule has 0 amide bonds. The van der Waals surface area contributed by atoms with E-state index in [9.17, 15) is 0 Å². The van der Waals surface area contributed by atoms with Crippen LogP contribution in [-0.2, 0) is 19.5 Å². The fourth-order valence-electron chi connectivity index (χ4n) is 2.80. The van der Waals surface area contributed by atoms with Crippen molar-refractivity contribution in [2.75, 3.05) is 39.3 Å². The monoisotopic (exact) mass is 279 g/mol. The van der Waals surface area contributed by atoms with E-state index in [0.717, 1.165) is 52.1 Å². The van der Waals surface area contributed by atoms with Gasteiger partial charge in [0.2, 0.25) is 0 Å². The largest absolute Gasteiger partial charge is 0.330 e. The van der Waals surface area contributed by atoms with Gasteiger partial charge in [-0.05, 0) is 38.9 Å². The molecule has 114 valence electrons. The molecule has 2 N–H and O–H groups in total. The normalized spacial score (nSPS) is 17.8. The van der Waals surface area contributed by atoms with Crippen LogP contribution in [0, 0.1) is 0 Å². The predicted molar refractivity (Wildman–Crippen MR) is 82.7 cm³/mol. The first kappa shape index (κ1) is 15.5. The van der Waals surface area contributed by atoms with Crippen LogP contribution >= 0.6 is 0 Å². The number of piperazine rings is 1. The van der Waals surface area contributed by atoms with Crippen LogP contribution < -0.4 is 5.73 Å². The minimum absolute atomic E-state index is 0.801. The summed E-state index contributed by atoms with van der Waals surface area (Å²) in [6.07, 6.45) is 2.13. The average Bonchev–Trinajstić information content (AvgIpc) is 2.88. The Bertz CT molecular complexity index is 393. The zero-order valence-corrected chi connectivity index (χ0v) is 13.0. The molecule has 1 aliphatic heterocycles. The molecule has 5 heteroatoms. The number of hydrogen-bond acceptors (Lipinski definition) is 4. The van der Waals surface area contributed by atoms with Crippen molar-refractivity contribution in [3.05, 3.63) is 17.5 Å². The highest BCUT2D eigenvalue weighted by atomic mass is 15.3. The van der Waals surface area contributed by atoms with Gasteiger partial charge >= 0.3 is 0 Å². The summed E-state index contributed by atoms with van der Waals surface area (Å²) in [4.78, 5) is 5.07. The van der Waals surface area contributed by atoms with Crippen LogP contribution in [0.25, 0.3) is 0 Å². The van der Waals surface area contributed by atoms with Gasteiger partial charge in [-0.15, -0.1) is 0 Å². The molecule has 1 saturated heterocycles. The molecule has 1 fully saturated rings. The van der Waals surface area contributed by atoms with Gasteiger partial charge in [0.1, 0.15) is 0 Å². The van der Waals surface area contributed by atoms with Crippen molar-refractivity contribution in [1.82, 2.24) is 19.6 Å². The Labute approximate surface area is 122 Å². The molecule has 20 heavy (non-hydrogen) atoms. The molecular formula is C15H29N5. The van der Waals surface area contributed by atoms with E-state index in [4.69, 9.17) is 5.73 Å². The van der Waals surface area contributed by atoms with E-state index in [2.05, 4.69) is 39.5 Å². The lowest BCUT2D eigenvalue weighted by atomic mass is 10.2. The predicted octanol–water partition coefficient (Wildman–Crippen LogP) is 0.932. The van der Waals surface area contributed by atoms with Crippen molar-refractivity contribution in [3.63, 3.8) is 0 Å². The van der Waals surface area contributed by atoms with Crippen molar-refractivity contribution in [3.8, 4) is 0 Å². The maximum Gasteiger partial charge on any atom is 0.0625 e. The fraction of sp³-hybridized carbons (Fsp3) is 0.800. The summed E-state index contributed by atoms with van der Waals surface area (Å²) in [5.74, 6) is 0. The SMILES string of the molecule is CCc1cc(CN2CCN(CCCN)CC2)n(CC)n1. The molecule has 0 radical (unpaired) electrons. The fourth-order valence-corrected chi connectivity index (χ4v) is 2.80. The van der Waals surface area contributed by atoms with E-state index in [-0.39, 0.29) is 0 Å². The first-order valence-corrected chi connectivity index (χ1v) is 7.97. The quantitative estimate of drug-likeness (QED) is 0.807. The van der Waals surface area contributed by atoms with E-state index in [1.54, 1.807) is 0 Å². The van der Waals surface area contributed by atoms with Gasteiger partial charge in [0.15, 0.2) is 0 Å². The lowest BCUT2D eigenvalue weighted by Crippen LogP contribution is -2.46. The minimum Gasteiger partial charge on any atom is -0.330 e. The van der Waals surface area contributed by atoms with Crippen LogP contribution in [0.4, 0.5) is 0 Å². The molecule has 0 saturated carbocycles. The number of aromatic nitrogens is 2. The Morgan fingerprint density at radius 2 is 1.85 bits per heavy atom. The Kier molecular flexibility index (Phi) is 6.01. The molecule has 2 rings (SSSR count). The molecule has 1 aliphatic rings. The lowest BCUT2D eigenvalue weighted by Gasteiger charge is -2.34. The number of nitrogens with zero attached hydrogens (tertiary/aromatic N) is 4. The number of nitrogens with two attached hydrogens (primary N) is 1. The first-order valence-electron chi connectivity index (χ1n) is 7.97. The van der Waals surface area contributed by atoms with Crippen LogP contribution in [0.1, 0.15) is 31.7 Å². The summed E-state index contributed by atoms with van der Waals surface area (Å²) >= 11 is 0. The Morgan fingerprint density at radius 3 is 2.45 bits per heavy atom. The molecule has 1 aromatic heterocycles. The maximum absolute atomic E-state index is 5.58. The third kappa shape index (κ3) is 4.04. The Balaban J connectivity index is 1.84. The van der Waals surface area contributed by atoms with Crippen molar-refractivity contribution in [2.24, 2.45) is 5.73 Å². The smallest absolute Gasteiger partial charge is 0.0625 e. The second kappa shape index (κ2) is 7.76. The van der Waals surface area contributed by atoms with Crippen LogP contribution in [0.2, 0.25) is 0 Å². The van der Waals surface area contributed by atoms with Crippen LogP contribution in [0.15, 0.2) is 6.07 Å². The highest BCUT2D eigenvalue weighted by Crippen LogP contribution is 2.11. The second-order valence-electron chi connectivity index (χ2n) is 5.56. The molecule has 1 aromatic rings. The number of aryl methyl sites for hydroxylation is 2. The summed E-state index contributed by atoms with van der Waals surface area (Å²) in [6, 6.07) is 2.27. The van der Waals surface area contributed by atoms with Crippen LogP contribution in [-0.4, -0.2) is 58.8 Å². The van der Waals surface area contributed by atoms with Crippen LogP contribution in [0.5, 0.6) is 0 Å². The van der Waals surface area contributed by atoms with Gasteiger partial charge in [-0.3, -0.25) is 9.58 Å². The van der Waals surface area contributed by atoms with E-state index in [1.807, 2.05) is 0 Å². The third-order valence-corrected chi connectivity index (χ3v) is 4.10. The molecule has 0 spiro atoms. The summed E-state index contributed by atoms with van der Waals surface area (Å²) in [5, 5.41) is 4.63. The van der Waals surface area contributed by atoms with Gasteiger partial charge in [0.25, 0.3) is 0 Å². The summed E-state index contributed by atoms with van der Waals surface area (Å²) < 4.78 is 2.15. The van der Waals surface area contributed by atoms with Crippen molar-refractivity contribution < 1.29 is 0 Å². The average molecular weight is 279 g/mol. The molecule has 0 aliphatic carbocycles. The standard InChI is InChI=1S/C15H29N5/c1-3-14-12-15(20(4-2)17-14)13-19-10-8-18(9-11-19)7-5-6-16/h12H,3-11,13,16H2,1-2H3. The topological polar surface area (TPSA) is 50.3 Å². The van der Waals surface area contributed by atoms with E-state index >= 15 is 0 Å². The Morgan fingerprint density at radius 1 is 1.15 bits per heavy atom. The third-order valence-electron chi connectivity index (χ3n) is 4.10. The van der Waals surface area contributed by atoms with Crippen molar-refractivity contribution in [2.45, 2.75) is 39.8 Å². The molecule has 0 bridgehead atoms. The summed E-state index contributed by atoms with van der Waals surface area (Å²) in [6.45, 7) is 12.9. The molecule has 0 aromatic carbocycles. The summed E-state index contributed by atoms with van der Waals surface area (Å²) in [7, 11) is 0. The van der Waals surface area contributed by atoms with E-state index in [0.29, 0.717) is 0 Å². The molecule has 2 heterocycles. The molecular weight excluding hydrogens is 250 g/mol. The van der Waals surface area contributed by atoms with Gasteiger partial charge in [0, 0.05) is 39.3 Å². The Hall–Kier alpha value is -0.910. The van der Waals surface area contributed by atoms with Gasteiger partial charge in [-0.1, -0.05) is 6.92 Å². The van der Waals surface area contributed by atoms with Gasteiger partial charge in [-0.25, -0.2) is 0 Å². The molecule has 0 unspecified atom stereocenters.